The van der Waals surface area contributed by atoms with Crippen LogP contribution in [-0.4, -0.2) is 46.5 Å². The highest BCUT2D eigenvalue weighted by Gasteiger charge is 2.42. The molecule has 37 heavy (non-hydrogen) atoms. The Hall–Kier alpha value is -2.83. The van der Waals surface area contributed by atoms with Gasteiger partial charge < -0.3 is 20.3 Å². The summed E-state index contributed by atoms with van der Waals surface area (Å²) in [5, 5.41) is 5.83. The van der Waals surface area contributed by atoms with Crippen molar-refractivity contribution < 1.29 is 19.1 Å². The van der Waals surface area contributed by atoms with E-state index < -0.39 is 29.3 Å². The summed E-state index contributed by atoms with van der Waals surface area (Å²) >= 11 is 0. The van der Waals surface area contributed by atoms with E-state index in [2.05, 4.69) is 24.1 Å². The van der Waals surface area contributed by atoms with Gasteiger partial charge in [-0.1, -0.05) is 64.5 Å². The van der Waals surface area contributed by atoms with Crippen LogP contribution in [0.25, 0.3) is 6.08 Å². The van der Waals surface area contributed by atoms with Crippen molar-refractivity contribution in [1.29, 1.82) is 0 Å². The second-order valence-electron chi connectivity index (χ2n) is 12.0. The quantitative estimate of drug-likeness (QED) is 0.322. The summed E-state index contributed by atoms with van der Waals surface area (Å²) in [5.74, 6) is -0.456. The van der Waals surface area contributed by atoms with Crippen molar-refractivity contribution in [3.8, 4) is 0 Å². The number of hydrogen-bond donors (Lipinski definition) is 2. The molecule has 7 heteroatoms. The molecular weight excluding hydrogens is 466 g/mol. The molecule has 0 fully saturated rings. The van der Waals surface area contributed by atoms with E-state index >= 15 is 0 Å². The Labute approximate surface area is 224 Å². The van der Waals surface area contributed by atoms with Gasteiger partial charge in [0, 0.05) is 12.1 Å². The number of nitrogens with one attached hydrogen (secondary N) is 2. The van der Waals surface area contributed by atoms with Crippen molar-refractivity contribution in [3.05, 3.63) is 42.0 Å². The molecule has 0 saturated carbocycles. The molecule has 0 aliphatic rings. The first-order valence-electron chi connectivity index (χ1n) is 13.4. The molecule has 0 aromatic heterocycles. The van der Waals surface area contributed by atoms with Gasteiger partial charge in [-0.25, -0.2) is 4.79 Å². The predicted octanol–water partition coefficient (Wildman–Crippen LogP) is 6.24. The fourth-order valence-corrected chi connectivity index (χ4v) is 4.11. The number of nitrogens with zero attached hydrogens (tertiary/aromatic N) is 1. The van der Waals surface area contributed by atoms with Crippen molar-refractivity contribution in [2.24, 2.45) is 5.92 Å². The first-order valence-corrected chi connectivity index (χ1v) is 13.4. The van der Waals surface area contributed by atoms with Crippen molar-refractivity contribution in [3.63, 3.8) is 0 Å². The molecule has 2 unspecified atom stereocenters. The lowest BCUT2D eigenvalue weighted by Gasteiger charge is -2.43. The highest BCUT2D eigenvalue weighted by Crippen LogP contribution is 2.31. The zero-order valence-electron chi connectivity index (χ0n) is 24.4. The number of carbonyl (C=O) groups is 3. The van der Waals surface area contributed by atoms with Gasteiger partial charge in [-0.15, -0.1) is 0 Å². The molecule has 3 amide bonds. The van der Waals surface area contributed by atoms with E-state index in [-0.39, 0.29) is 17.7 Å². The van der Waals surface area contributed by atoms with E-state index in [0.29, 0.717) is 18.5 Å². The highest BCUT2D eigenvalue weighted by atomic mass is 16.6. The smallest absolute Gasteiger partial charge is 0.408 e. The van der Waals surface area contributed by atoms with E-state index in [1.807, 2.05) is 58.9 Å². The zero-order valence-corrected chi connectivity index (χ0v) is 24.4. The zero-order chi connectivity index (χ0) is 28.4. The maximum absolute atomic E-state index is 14.2. The molecule has 1 aromatic carbocycles. The predicted molar refractivity (Wildman–Crippen MR) is 151 cm³/mol. The molecule has 2 atom stereocenters. The van der Waals surface area contributed by atoms with Crippen LogP contribution in [0.1, 0.15) is 105 Å². The third-order valence-electron chi connectivity index (χ3n) is 5.70. The molecule has 208 valence electrons. The average Bonchev–Trinajstić information content (AvgIpc) is 2.76. The van der Waals surface area contributed by atoms with Gasteiger partial charge in [0.05, 0.1) is 0 Å². The summed E-state index contributed by atoms with van der Waals surface area (Å²) in [6.45, 7) is 21.5. The normalized spacial score (nSPS) is 13.5. The summed E-state index contributed by atoms with van der Waals surface area (Å²) in [7, 11) is 0. The molecule has 7 nitrogen and oxygen atoms in total. The monoisotopic (exact) mass is 515 g/mol. The minimum atomic E-state index is -0.885. The Kier molecular flexibility index (Phi) is 12.4. The molecule has 0 saturated heterocycles. The van der Waals surface area contributed by atoms with Crippen LogP contribution in [0.4, 0.5) is 4.79 Å². The summed E-state index contributed by atoms with van der Waals surface area (Å²) in [6, 6.07) is 5.76. The molecule has 1 aromatic rings. The minimum Gasteiger partial charge on any atom is -0.444 e. The topological polar surface area (TPSA) is 87.7 Å². The van der Waals surface area contributed by atoms with E-state index in [1.54, 1.807) is 31.7 Å². The molecule has 0 spiro atoms. The Morgan fingerprint density at radius 2 is 1.73 bits per heavy atom. The van der Waals surface area contributed by atoms with Crippen LogP contribution < -0.4 is 10.6 Å². The van der Waals surface area contributed by atoms with Gasteiger partial charge in [0.25, 0.3) is 0 Å². The third-order valence-corrected chi connectivity index (χ3v) is 5.70. The molecule has 0 radical (unpaired) electrons. The number of benzene rings is 1. The van der Waals surface area contributed by atoms with E-state index in [4.69, 9.17) is 4.74 Å². The molecule has 2 N–H and O–H groups in total. The highest BCUT2D eigenvalue weighted by molar-refractivity contribution is 5.92. The van der Waals surface area contributed by atoms with Crippen LogP contribution in [0.3, 0.4) is 0 Å². The van der Waals surface area contributed by atoms with Crippen molar-refractivity contribution in [1.82, 2.24) is 15.5 Å². The second kappa shape index (κ2) is 14.2. The standard InChI is InChI=1S/C30H49N3O4/c1-11-13-14-18-31-26(34)25(23-17-15-16-22(12-2)20-23)33(29(5,6)7)27(35)24(19-21(3)4)32-28(36)37-30(8,9)10/h12,15-17,20-21,24-25H,2,11,13-14,18-19H2,1,3-10H3,(H,31,34)(H,32,36). The minimum absolute atomic E-state index is 0.121. The summed E-state index contributed by atoms with van der Waals surface area (Å²) in [5.41, 5.74) is 0.116. The van der Waals surface area contributed by atoms with Gasteiger partial charge >= 0.3 is 6.09 Å². The molecule has 0 heterocycles. The Balaban J connectivity index is 3.54. The first-order chi connectivity index (χ1) is 17.1. The molecule has 1 rings (SSSR count). The summed E-state index contributed by atoms with van der Waals surface area (Å²) in [6.07, 6.45) is 4.38. The lowest BCUT2D eigenvalue weighted by Crippen LogP contribution is -2.58. The van der Waals surface area contributed by atoms with Crippen LogP contribution in [0.2, 0.25) is 0 Å². The van der Waals surface area contributed by atoms with Gasteiger partial charge in [0.2, 0.25) is 11.8 Å². The lowest BCUT2D eigenvalue weighted by molar-refractivity contribution is -0.148. The second-order valence-corrected chi connectivity index (χ2v) is 12.0. The number of amides is 3. The molecule has 0 aliphatic carbocycles. The SMILES string of the molecule is C=Cc1cccc(C(C(=O)NCCCCC)N(C(=O)C(CC(C)C)NC(=O)OC(C)(C)C)C(C)(C)C)c1. The van der Waals surface area contributed by atoms with Gasteiger partial charge in [-0.2, -0.15) is 0 Å². The largest absolute Gasteiger partial charge is 0.444 e. The Morgan fingerprint density at radius 1 is 1.08 bits per heavy atom. The van der Waals surface area contributed by atoms with Crippen LogP contribution in [0.15, 0.2) is 30.8 Å². The fraction of sp³-hybridized carbons (Fsp3) is 0.633. The number of unbranched alkanes of at least 4 members (excludes halogenated alkanes) is 2. The van der Waals surface area contributed by atoms with Crippen molar-refractivity contribution in [2.75, 3.05) is 6.54 Å². The number of ether oxygens (including phenoxy) is 1. The van der Waals surface area contributed by atoms with Gasteiger partial charge in [-0.05, 0) is 77.5 Å². The average molecular weight is 516 g/mol. The van der Waals surface area contributed by atoms with Crippen LogP contribution in [0, 0.1) is 5.92 Å². The maximum atomic E-state index is 14.2. The van der Waals surface area contributed by atoms with Crippen LogP contribution in [-0.2, 0) is 14.3 Å². The van der Waals surface area contributed by atoms with E-state index in [0.717, 1.165) is 24.8 Å². The third kappa shape index (κ3) is 11.0. The number of alkyl carbamates (subject to hydrolysis) is 1. The van der Waals surface area contributed by atoms with Crippen LogP contribution in [0.5, 0.6) is 0 Å². The molecular formula is C30H49N3O4. The number of carbonyl (C=O) groups excluding carboxylic acids is 3. The number of hydrogen-bond acceptors (Lipinski definition) is 4. The van der Waals surface area contributed by atoms with E-state index in [1.165, 1.54) is 0 Å². The van der Waals surface area contributed by atoms with Crippen LogP contribution >= 0.6 is 0 Å². The van der Waals surface area contributed by atoms with Crippen molar-refractivity contribution >= 4 is 24.0 Å². The Bertz CT molecular complexity index is 912. The van der Waals surface area contributed by atoms with Gasteiger partial charge in [-0.3, -0.25) is 9.59 Å². The summed E-state index contributed by atoms with van der Waals surface area (Å²) in [4.78, 5) is 42.2. The van der Waals surface area contributed by atoms with Gasteiger partial charge in [0.15, 0.2) is 0 Å². The summed E-state index contributed by atoms with van der Waals surface area (Å²) < 4.78 is 5.45. The maximum Gasteiger partial charge on any atom is 0.408 e. The lowest BCUT2D eigenvalue weighted by atomic mass is 9.93. The van der Waals surface area contributed by atoms with Gasteiger partial charge in [0.1, 0.15) is 17.7 Å². The molecule has 0 bridgehead atoms. The first kappa shape index (κ1) is 32.2. The van der Waals surface area contributed by atoms with Crippen molar-refractivity contribution in [2.45, 2.75) is 111 Å². The van der Waals surface area contributed by atoms with E-state index in [9.17, 15) is 14.4 Å². The molecule has 0 aliphatic heterocycles. The number of rotatable bonds is 12. The Morgan fingerprint density at radius 3 is 2.24 bits per heavy atom. The fourth-order valence-electron chi connectivity index (χ4n) is 4.11.